The van der Waals surface area contributed by atoms with Crippen LogP contribution in [0.5, 0.6) is 0 Å². The average molecular weight is 316 g/mol. The summed E-state index contributed by atoms with van der Waals surface area (Å²) >= 11 is 1.58. The van der Waals surface area contributed by atoms with E-state index in [9.17, 15) is 9.59 Å². The molecule has 0 aliphatic carbocycles. The Hall–Kier alpha value is -2.28. The molecule has 22 heavy (non-hydrogen) atoms. The monoisotopic (exact) mass is 316 g/mol. The Bertz CT molecular complexity index is 686. The molecule has 2 heterocycles. The van der Waals surface area contributed by atoms with E-state index < -0.39 is 6.04 Å². The highest BCUT2D eigenvalue weighted by atomic mass is 32.2. The predicted octanol–water partition coefficient (Wildman–Crippen LogP) is 1.94. The number of thioether (sulfide) groups is 1. The molecule has 1 aliphatic heterocycles. The first kappa shape index (κ1) is 14.6. The summed E-state index contributed by atoms with van der Waals surface area (Å²) in [7, 11) is 0. The molecule has 114 valence electrons. The third-order valence-corrected chi connectivity index (χ3v) is 4.56. The fraction of sp³-hybridized carbons (Fsp3) is 0.267. The summed E-state index contributed by atoms with van der Waals surface area (Å²) in [6, 6.07) is 9.23. The molecule has 3 rings (SSSR count). The maximum absolute atomic E-state index is 12.5. The van der Waals surface area contributed by atoms with Crippen LogP contribution in [-0.4, -0.2) is 44.6 Å². The molecule has 1 atom stereocenters. The first-order chi connectivity index (χ1) is 10.7. The van der Waals surface area contributed by atoms with E-state index in [1.807, 2.05) is 30.3 Å². The maximum atomic E-state index is 12.5. The molecule has 1 saturated heterocycles. The number of hydrogen-bond donors (Lipinski definition) is 2. The third kappa shape index (κ3) is 2.85. The minimum Gasteiger partial charge on any atom is -0.321 e. The number of hydrogen-bond acceptors (Lipinski definition) is 4. The van der Waals surface area contributed by atoms with Crippen LogP contribution in [0, 0.1) is 0 Å². The predicted molar refractivity (Wildman–Crippen MR) is 86.3 cm³/mol. The van der Waals surface area contributed by atoms with E-state index in [2.05, 4.69) is 15.5 Å². The van der Waals surface area contributed by atoms with Crippen molar-refractivity contribution in [3.05, 3.63) is 36.5 Å². The smallest absolute Gasteiger partial charge is 0.248 e. The number of nitrogens with zero attached hydrogens (tertiary/aromatic N) is 2. The normalized spacial score (nSPS) is 17.5. The van der Waals surface area contributed by atoms with E-state index in [0.717, 1.165) is 11.3 Å². The van der Waals surface area contributed by atoms with Crippen molar-refractivity contribution < 1.29 is 9.59 Å². The highest BCUT2D eigenvalue weighted by Gasteiger charge is 2.33. The number of carbonyl (C=O) groups is 2. The van der Waals surface area contributed by atoms with Crippen molar-refractivity contribution in [2.45, 2.75) is 13.0 Å². The largest absolute Gasteiger partial charge is 0.321 e. The molecule has 2 N–H and O–H groups in total. The third-order valence-electron chi connectivity index (χ3n) is 3.55. The van der Waals surface area contributed by atoms with Gasteiger partial charge in [-0.05, 0) is 0 Å². The molecule has 0 bridgehead atoms. The van der Waals surface area contributed by atoms with Gasteiger partial charge in [-0.3, -0.25) is 14.7 Å². The van der Waals surface area contributed by atoms with Gasteiger partial charge in [0, 0.05) is 18.2 Å². The van der Waals surface area contributed by atoms with Crippen molar-refractivity contribution in [3.63, 3.8) is 0 Å². The minimum atomic E-state index is -0.430. The van der Waals surface area contributed by atoms with Crippen molar-refractivity contribution >= 4 is 29.3 Å². The van der Waals surface area contributed by atoms with Gasteiger partial charge in [-0.15, -0.1) is 11.8 Å². The molecule has 1 aliphatic rings. The number of aromatic amines is 1. The number of aromatic nitrogens is 2. The highest BCUT2D eigenvalue weighted by Crippen LogP contribution is 2.27. The molecule has 1 fully saturated rings. The number of carbonyl (C=O) groups excluding carboxylic acids is 2. The summed E-state index contributed by atoms with van der Waals surface area (Å²) < 4.78 is 0. The standard InChI is InChI=1S/C15H16N4O2S/c1-10(20)19-9-22-8-13(19)15(21)17-12-7-16-18-14(12)11-5-3-2-4-6-11/h2-7,13H,8-9H2,1H3,(H,16,18)(H,17,21). The van der Waals surface area contributed by atoms with Crippen molar-refractivity contribution in [2.24, 2.45) is 0 Å². The second-order valence-electron chi connectivity index (χ2n) is 5.02. The van der Waals surface area contributed by atoms with Crippen LogP contribution in [-0.2, 0) is 9.59 Å². The molecule has 7 heteroatoms. The van der Waals surface area contributed by atoms with Crippen LogP contribution in [0.4, 0.5) is 5.69 Å². The van der Waals surface area contributed by atoms with Crippen molar-refractivity contribution in [1.82, 2.24) is 15.1 Å². The molecular formula is C15H16N4O2S. The zero-order valence-corrected chi connectivity index (χ0v) is 12.9. The van der Waals surface area contributed by atoms with Gasteiger partial charge in [0.2, 0.25) is 11.8 Å². The number of H-pyrrole nitrogens is 1. The second kappa shape index (κ2) is 6.23. The van der Waals surface area contributed by atoms with Gasteiger partial charge in [0.05, 0.1) is 23.5 Å². The zero-order valence-electron chi connectivity index (χ0n) is 12.1. The molecule has 0 radical (unpaired) electrons. The Labute approximate surface area is 132 Å². The van der Waals surface area contributed by atoms with Gasteiger partial charge < -0.3 is 10.2 Å². The lowest BCUT2D eigenvalue weighted by molar-refractivity contribution is -0.134. The molecule has 1 unspecified atom stereocenters. The number of nitrogens with one attached hydrogen (secondary N) is 2. The first-order valence-electron chi connectivity index (χ1n) is 6.91. The molecule has 1 aromatic heterocycles. The van der Waals surface area contributed by atoms with Gasteiger partial charge in [0.1, 0.15) is 6.04 Å². The number of benzene rings is 1. The molecule has 6 nitrogen and oxygen atoms in total. The van der Waals surface area contributed by atoms with Crippen LogP contribution < -0.4 is 5.32 Å². The van der Waals surface area contributed by atoms with Gasteiger partial charge in [-0.2, -0.15) is 5.10 Å². The van der Waals surface area contributed by atoms with Gasteiger partial charge in [-0.25, -0.2) is 0 Å². The number of anilines is 1. The number of rotatable bonds is 3. The van der Waals surface area contributed by atoms with E-state index in [0.29, 0.717) is 17.3 Å². The van der Waals surface area contributed by atoms with E-state index >= 15 is 0 Å². The van der Waals surface area contributed by atoms with E-state index in [4.69, 9.17) is 0 Å². The minimum absolute atomic E-state index is 0.0828. The Balaban J connectivity index is 1.78. The fourth-order valence-corrected chi connectivity index (χ4v) is 3.61. The zero-order chi connectivity index (χ0) is 15.5. The summed E-state index contributed by atoms with van der Waals surface area (Å²) in [4.78, 5) is 25.6. The van der Waals surface area contributed by atoms with Crippen LogP contribution in [0.15, 0.2) is 36.5 Å². The van der Waals surface area contributed by atoms with Crippen LogP contribution in [0.3, 0.4) is 0 Å². The van der Waals surface area contributed by atoms with Gasteiger partial charge in [-0.1, -0.05) is 30.3 Å². The molecule has 0 saturated carbocycles. The van der Waals surface area contributed by atoms with Crippen LogP contribution in [0.2, 0.25) is 0 Å². The van der Waals surface area contributed by atoms with Crippen molar-refractivity contribution in [1.29, 1.82) is 0 Å². The Morgan fingerprint density at radius 3 is 2.86 bits per heavy atom. The van der Waals surface area contributed by atoms with Crippen LogP contribution >= 0.6 is 11.8 Å². The Kier molecular flexibility index (Phi) is 4.15. The molecule has 2 amide bonds. The summed E-state index contributed by atoms with van der Waals surface area (Å²) in [5, 5.41) is 9.78. The summed E-state index contributed by atoms with van der Waals surface area (Å²) in [5.74, 6) is 0.910. The maximum Gasteiger partial charge on any atom is 0.248 e. The van der Waals surface area contributed by atoms with Crippen LogP contribution in [0.1, 0.15) is 6.92 Å². The van der Waals surface area contributed by atoms with Gasteiger partial charge >= 0.3 is 0 Å². The molecule has 1 aromatic carbocycles. The summed E-state index contributed by atoms with van der Waals surface area (Å²) in [6.45, 7) is 1.49. The molecular weight excluding hydrogens is 300 g/mol. The lowest BCUT2D eigenvalue weighted by Crippen LogP contribution is -2.43. The van der Waals surface area contributed by atoms with Crippen LogP contribution in [0.25, 0.3) is 11.3 Å². The molecule has 2 aromatic rings. The SMILES string of the molecule is CC(=O)N1CSCC1C(=O)Nc1cn[nH]c1-c1ccccc1. The Morgan fingerprint density at radius 1 is 1.36 bits per heavy atom. The summed E-state index contributed by atoms with van der Waals surface area (Å²) in [5.41, 5.74) is 2.32. The van der Waals surface area contributed by atoms with E-state index in [1.54, 1.807) is 22.9 Å². The quantitative estimate of drug-likeness (QED) is 0.907. The first-order valence-corrected chi connectivity index (χ1v) is 8.07. The van der Waals surface area contributed by atoms with Gasteiger partial charge in [0.15, 0.2) is 0 Å². The fourth-order valence-electron chi connectivity index (χ4n) is 2.39. The topological polar surface area (TPSA) is 78.1 Å². The van der Waals surface area contributed by atoms with E-state index in [1.165, 1.54) is 6.92 Å². The summed E-state index contributed by atoms with van der Waals surface area (Å²) in [6.07, 6.45) is 1.58. The van der Waals surface area contributed by atoms with Crippen molar-refractivity contribution in [3.8, 4) is 11.3 Å². The number of amides is 2. The Morgan fingerprint density at radius 2 is 2.14 bits per heavy atom. The highest BCUT2D eigenvalue weighted by molar-refractivity contribution is 7.99. The van der Waals surface area contributed by atoms with E-state index in [-0.39, 0.29) is 11.8 Å². The van der Waals surface area contributed by atoms with Gasteiger partial charge in [0.25, 0.3) is 0 Å². The average Bonchev–Trinajstić information content (AvgIpc) is 3.17. The lowest BCUT2D eigenvalue weighted by Gasteiger charge is -2.21. The lowest BCUT2D eigenvalue weighted by atomic mass is 10.1. The van der Waals surface area contributed by atoms with Crippen molar-refractivity contribution in [2.75, 3.05) is 16.9 Å². The second-order valence-corrected chi connectivity index (χ2v) is 6.02. The molecule has 0 spiro atoms.